The molecule has 4 aromatic rings. The Morgan fingerprint density at radius 3 is 2.77 bits per heavy atom. The standard InChI is InChI=1S/C19H18N4O3/c1-11-18(12(2)22(3)21-11)15-9-20-23-6-5-13(7-16(15)23)17-8-14(10-26-17)19(24)25-4/h5-10H,1-4H3. The Hall–Kier alpha value is -3.35. The molecule has 0 fully saturated rings. The maximum atomic E-state index is 11.6. The van der Waals surface area contributed by atoms with Gasteiger partial charge in [0.1, 0.15) is 12.0 Å². The van der Waals surface area contributed by atoms with Gasteiger partial charge in [-0.2, -0.15) is 10.2 Å². The molecule has 0 unspecified atom stereocenters. The topological polar surface area (TPSA) is 74.6 Å². The van der Waals surface area contributed by atoms with Crippen molar-refractivity contribution in [2.24, 2.45) is 7.05 Å². The van der Waals surface area contributed by atoms with Gasteiger partial charge in [-0.05, 0) is 32.0 Å². The van der Waals surface area contributed by atoms with Gasteiger partial charge in [0.05, 0.1) is 30.1 Å². The number of nitrogens with zero attached hydrogens (tertiary/aromatic N) is 4. The molecule has 4 aromatic heterocycles. The second-order valence-electron chi connectivity index (χ2n) is 6.16. The summed E-state index contributed by atoms with van der Waals surface area (Å²) in [5.41, 5.74) is 6.30. The normalized spacial score (nSPS) is 11.2. The van der Waals surface area contributed by atoms with Crippen LogP contribution < -0.4 is 0 Å². The van der Waals surface area contributed by atoms with E-state index in [2.05, 4.69) is 10.2 Å². The number of carbonyl (C=O) groups excluding carboxylic acids is 1. The maximum Gasteiger partial charge on any atom is 0.341 e. The first-order valence-electron chi connectivity index (χ1n) is 8.14. The van der Waals surface area contributed by atoms with Crippen molar-refractivity contribution in [3.8, 4) is 22.5 Å². The van der Waals surface area contributed by atoms with E-state index in [-0.39, 0.29) is 0 Å². The van der Waals surface area contributed by atoms with Crippen LogP contribution in [0, 0.1) is 13.8 Å². The Labute approximate surface area is 149 Å². The lowest BCUT2D eigenvalue weighted by Gasteiger charge is -2.03. The molecule has 132 valence electrons. The second kappa shape index (κ2) is 5.87. The van der Waals surface area contributed by atoms with E-state index < -0.39 is 5.97 Å². The van der Waals surface area contributed by atoms with Crippen molar-refractivity contribution in [3.63, 3.8) is 0 Å². The molecule has 0 aliphatic carbocycles. The summed E-state index contributed by atoms with van der Waals surface area (Å²) in [4.78, 5) is 11.6. The fraction of sp³-hybridized carbons (Fsp3) is 0.211. The van der Waals surface area contributed by atoms with Crippen molar-refractivity contribution >= 4 is 11.5 Å². The quantitative estimate of drug-likeness (QED) is 0.529. The lowest BCUT2D eigenvalue weighted by Crippen LogP contribution is -1.98. The number of hydrogen-bond acceptors (Lipinski definition) is 5. The van der Waals surface area contributed by atoms with Crippen molar-refractivity contribution < 1.29 is 13.9 Å². The number of aromatic nitrogens is 4. The molecule has 0 aromatic carbocycles. The molecule has 4 rings (SSSR count). The van der Waals surface area contributed by atoms with E-state index in [1.165, 1.54) is 13.4 Å². The van der Waals surface area contributed by atoms with Gasteiger partial charge in [0.2, 0.25) is 0 Å². The molecular weight excluding hydrogens is 332 g/mol. The lowest BCUT2D eigenvalue weighted by molar-refractivity contribution is 0.0600. The smallest absolute Gasteiger partial charge is 0.341 e. The minimum atomic E-state index is -0.423. The third kappa shape index (κ3) is 2.40. The zero-order chi connectivity index (χ0) is 18.4. The number of hydrogen-bond donors (Lipinski definition) is 0. The molecule has 0 aliphatic rings. The number of aryl methyl sites for hydroxylation is 2. The molecule has 0 bridgehead atoms. The Bertz CT molecular complexity index is 1130. The number of ether oxygens (including phenoxy) is 1. The van der Waals surface area contributed by atoms with Crippen LogP contribution in [-0.2, 0) is 11.8 Å². The van der Waals surface area contributed by atoms with Gasteiger partial charge in [-0.15, -0.1) is 0 Å². The predicted octanol–water partition coefficient (Wildman–Crippen LogP) is 3.40. The molecule has 26 heavy (non-hydrogen) atoms. The van der Waals surface area contributed by atoms with Crippen LogP contribution in [0.15, 0.2) is 41.3 Å². The number of methoxy groups -OCH3 is 1. The van der Waals surface area contributed by atoms with Crippen molar-refractivity contribution in [3.05, 3.63) is 53.8 Å². The first-order chi connectivity index (χ1) is 12.5. The highest BCUT2D eigenvalue weighted by atomic mass is 16.5. The SMILES string of the molecule is COC(=O)c1coc(-c2ccn3ncc(-c4c(C)nn(C)c4C)c3c2)c1. The van der Waals surface area contributed by atoms with Gasteiger partial charge in [-0.25, -0.2) is 9.31 Å². The van der Waals surface area contributed by atoms with Crippen LogP contribution in [0.3, 0.4) is 0 Å². The molecule has 7 nitrogen and oxygen atoms in total. The van der Waals surface area contributed by atoms with E-state index in [9.17, 15) is 4.79 Å². The maximum absolute atomic E-state index is 11.6. The molecule has 0 saturated heterocycles. The number of furan rings is 1. The minimum absolute atomic E-state index is 0.384. The van der Waals surface area contributed by atoms with Crippen molar-refractivity contribution in [1.82, 2.24) is 19.4 Å². The molecule has 0 spiro atoms. The van der Waals surface area contributed by atoms with Gasteiger partial charge in [-0.1, -0.05) is 0 Å². The van der Waals surface area contributed by atoms with E-state index >= 15 is 0 Å². The molecule has 0 radical (unpaired) electrons. The first-order valence-corrected chi connectivity index (χ1v) is 8.14. The molecule has 0 N–H and O–H groups in total. The molecule has 0 amide bonds. The van der Waals surface area contributed by atoms with E-state index in [0.29, 0.717) is 11.3 Å². The average Bonchev–Trinajstić information content (AvgIpc) is 3.33. The Kier molecular flexibility index (Phi) is 3.64. The highest BCUT2D eigenvalue weighted by molar-refractivity contribution is 5.91. The van der Waals surface area contributed by atoms with Gasteiger partial charge in [0.25, 0.3) is 0 Å². The fourth-order valence-corrected chi connectivity index (χ4v) is 3.20. The van der Waals surface area contributed by atoms with Crippen molar-refractivity contribution in [2.75, 3.05) is 7.11 Å². The zero-order valence-electron chi connectivity index (χ0n) is 15.0. The van der Waals surface area contributed by atoms with Gasteiger partial charge >= 0.3 is 5.97 Å². The van der Waals surface area contributed by atoms with E-state index in [0.717, 1.165) is 33.6 Å². The average molecular weight is 350 g/mol. The first kappa shape index (κ1) is 16.1. The number of carbonyl (C=O) groups is 1. The van der Waals surface area contributed by atoms with Crippen LogP contribution in [0.5, 0.6) is 0 Å². The van der Waals surface area contributed by atoms with Crippen LogP contribution >= 0.6 is 0 Å². The summed E-state index contributed by atoms with van der Waals surface area (Å²) in [7, 11) is 3.28. The molecular formula is C19H18N4O3. The van der Waals surface area contributed by atoms with Gasteiger partial charge in [-0.3, -0.25) is 4.68 Å². The second-order valence-corrected chi connectivity index (χ2v) is 6.16. The summed E-state index contributed by atoms with van der Waals surface area (Å²) >= 11 is 0. The fourth-order valence-electron chi connectivity index (χ4n) is 3.20. The van der Waals surface area contributed by atoms with Gasteiger partial charge in [0, 0.05) is 35.6 Å². The summed E-state index contributed by atoms with van der Waals surface area (Å²) in [6.45, 7) is 4.03. The molecule has 4 heterocycles. The largest absolute Gasteiger partial charge is 0.465 e. The highest BCUT2D eigenvalue weighted by Crippen LogP contribution is 2.32. The van der Waals surface area contributed by atoms with E-state index in [4.69, 9.17) is 9.15 Å². The van der Waals surface area contributed by atoms with Crippen LogP contribution in [0.25, 0.3) is 28.0 Å². The van der Waals surface area contributed by atoms with Gasteiger partial charge in [0.15, 0.2) is 0 Å². The molecule has 7 heteroatoms. The predicted molar refractivity (Wildman–Crippen MR) is 95.9 cm³/mol. The highest BCUT2D eigenvalue weighted by Gasteiger charge is 2.17. The number of esters is 1. The summed E-state index contributed by atoms with van der Waals surface area (Å²) in [6, 6.07) is 5.56. The number of pyridine rings is 1. The Morgan fingerprint density at radius 2 is 2.08 bits per heavy atom. The van der Waals surface area contributed by atoms with Crippen LogP contribution in [0.2, 0.25) is 0 Å². The zero-order valence-corrected chi connectivity index (χ0v) is 15.0. The van der Waals surface area contributed by atoms with Crippen LogP contribution in [-0.4, -0.2) is 32.5 Å². The number of fused-ring (bicyclic) bond motifs is 1. The van der Waals surface area contributed by atoms with Gasteiger partial charge < -0.3 is 9.15 Å². The summed E-state index contributed by atoms with van der Waals surface area (Å²) in [5.74, 6) is 0.174. The Morgan fingerprint density at radius 1 is 1.27 bits per heavy atom. The van der Waals surface area contributed by atoms with E-state index in [1.54, 1.807) is 6.07 Å². The van der Waals surface area contributed by atoms with Crippen LogP contribution in [0.4, 0.5) is 0 Å². The summed E-state index contributed by atoms with van der Waals surface area (Å²) in [5, 5.41) is 8.94. The minimum Gasteiger partial charge on any atom is -0.465 e. The third-order valence-electron chi connectivity index (χ3n) is 4.60. The Balaban J connectivity index is 1.85. The van der Waals surface area contributed by atoms with Crippen molar-refractivity contribution in [1.29, 1.82) is 0 Å². The lowest BCUT2D eigenvalue weighted by atomic mass is 10.0. The number of rotatable bonds is 3. The molecule has 0 saturated carbocycles. The summed E-state index contributed by atoms with van der Waals surface area (Å²) in [6.07, 6.45) is 5.12. The van der Waals surface area contributed by atoms with Crippen molar-refractivity contribution in [2.45, 2.75) is 13.8 Å². The molecule has 0 aliphatic heterocycles. The third-order valence-corrected chi connectivity index (χ3v) is 4.60. The molecule has 0 atom stereocenters. The van der Waals surface area contributed by atoms with E-state index in [1.807, 2.05) is 54.6 Å². The monoisotopic (exact) mass is 350 g/mol. The summed E-state index contributed by atoms with van der Waals surface area (Å²) < 4.78 is 14.0. The van der Waals surface area contributed by atoms with Crippen LogP contribution in [0.1, 0.15) is 21.7 Å².